The first-order valence-electron chi connectivity index (χ1n) is 7.12. The lowest BCUT2D eigenvalue weighted by molar-refractivity contribution is -0.385. The van der Waals surface area contributed by atoms with Crippen LogP contribution < -0.4 is 10.1 Å². The van der Waals surface area contributed by atoms with Crippen LogP contribution in [0.2, 0.25) is 0 Å². The predicted octanol–water partition coefficient (Wildman–Crippen LogP) is 2.05. The van der Waals surface area contributed by atoms with Crippen LogP contribution in [0.15, 0.2) is 24.4 Å². The highest BCUT2D eigenvalue weighted by Crippen LogP contribution is 2.29. The molecule has 1 amide bonds. The standard InChI is InChI=1S/C14H15N5O6/c1-9-13(19(23)24)8-17(16-9)6-5-14(20)15-11-4-3-10(25-2)7-12(11)18(21)22/h3-4,7-8H,5-6H2,1-2H3,(H,15,20). The van der Waals surface area contributed by atoms with Crippen molar-refractivity contribution in [3.05, 3.63) is 50.3 Å². The summed E-state index contributed by atoms with van der Waals surface area (Å²) >= 11 is 0. The quantitative estimate of drug-likeness (QED) is 0.595. The van der Waals surface area contributed by atoms with Crippen molar-refractivity contribution >= 4 is 23.0 Å². The zero-order valence-electron chi connectivity index (χ0n) is 13.5. The zero-order chi connectivity index (χ0) is 18.6. The number of benzene rings is 1. The van der Waals surface area contributed by atoms with E-state index >= 15 is 0 Å². The van der Waals surface area contributed by atoms with Crippen molar-refractivity contribution in [2.24, 2.45) is 0 Å². The summed E-state index contributed by atoms with van der Waals surface area (Å²) in [5.74, 6) is -0.187. The van der Waals surface area contributed by atoms with Crippen molar-refractivity contribution < 1.29 is 19.4 Å². The van der Waals surface area contributed by atoms with Gasteiger partial charge in [-0.3, -0.25) is 29.7 Å². The minimum absolute atomic E-state index is 0.0402. The molecule has 25 heavy (non-hydrogen) atoms. The van der Waals surface area contributed by atoms with Gasteiger partial charge in [0.1, 0.15) is 23.3 Å². The number of nitro groups is 2. The average Bonchev–Trinajstić information content (AvgIpc) is 2.94. The molecule has 1 heterocycles. The normalized spacial score (nSPS) is 10.3. The Balaban J connectivity index is 2.04. The van der Waals surface area contributed by atoms with Gasteiger partial charge in [-0.05, 0) is 19.1 Å². The van der Waals surface area contributed by atoms with Crippen LogP contribution in [0, 0.1) is 27.2 Å². The van der Waals surface area contributed by atoms with Crippen LogP contribution in [0.5, 0.6) is 5.75 Å². The molecule has 0 spiro atoms. The number of methoxy groups -OCH3 is 1. The summed E-state index contributed by atoms with van der Waals surface area (Å²) in [6, 6.07) is 4.07. The van der Waals surface area contributed by atoms with Crippen molar-refractivity contribution in [3.8, 4) is 5.75 Å². The van der Waals surface area contributed by atoms with Gasteiger partial charge in [-0.25, -0.2) is 0 Å². The molecule has 0 aliphatic heterocycles. The van der Waals surface area contributed by atoms with E-state index in [4.69, 9.17) is 4.74 Å². The lowest BCUT2D eigenvalue weighted by Gasteiger charge is -2.07. The number of amides is 1. The minimum Gasteiger partial charge on any atom is -0.496 e. The molecule has 0 aliphatic rings. The fourth-order valence-electron chi connectivity index (χ4n) is 2.13. The molecular weight excluding hydrogens is 334 g/mol. The minimum atomic E-state index is -0.627. The maximum atomic E-state index is 12.0. The SMILES string of the molecule is COc1ccc(NC(=O)CCn2cc([N+](=O)[O-])c(C)n2)c([N+](=O)[O-])c1. The molecule has 0 saturated carbocycles. The molecule has 0 unspecified atom stereocenters. The third-order valence-electron chi connectivity index (χ3n) is 3.36. The number of hydrogen-bond acceptors (Lipinski definition) is 7. The molecule has 0 aliphatic carbocycles. The number of aromatic nitrogens is 2. The number of nitrogens with zero attached hydrogens (tertiary/aromatic N) is 4. The van der Waals surface area contributed by atoms with Gasteiger partial charge in [0.05, 0.1) is 23.0 Å². The third-order valence-corrected chi connectivity index (χ3v) is 3.36. The lowest BCUT2D eigenvalue weighted by atomic mass is 10.2. The fraction of sp³-hybridized carbons (Fsp3) is 0.286. The molecule has 2 rings (SSSR count). The number of hydrogen-bond donors (Lipinski definition) is 1. The molecule has 0 fully saturated rings. The largest absolute Gasteiger partial charge is 0.496 e. The van der Waals surface area contributed by atoms with Crippen molar-refractivity contribution in [2.45, 2.75) is 19.9 Å². The first-order chi connectivity index (χ1) is 11.8. The second kappa shape index (κ2) is 7.38. The Morgan fingerprint density at radius 3 is 2.52 bits per heavy atom. The van der Waals surface area contributed by atoms with Crippen molar-refractivity contribution in [1.82, 2.24) is 9.78 Å². The van der Waals surface area contributed by atoms with E-state index in [1.54, 1.807) is 0 Å². The van der Waals surface area contributed by atoms with E-state index in [1.807, 2.05) is 0 Å². The summed E-state index contributed by atoms with van der Waals surface area (Å²) in [5.41, 5.74) is -0.140. The zero-order valence-corrected chi connectivity index (χ0v) is 13.5. The smallest absolute Gasteiger partial charge is 0.309 e. The molecule has 0 radical (unpaired) electrons. The molecule has 1 N–H and O–H groups in total. The van der Waals surface area contributed by atoms with Crippen molar-refractivity contribution in [2.75, 3.05) is 12.4 Å². The Labute approximate surface area is 141 Å². The molecule has 11 heteroatoms. The first kappa shape index (κ1) is 17.8. The number of nitro benzene ring substituents is 1. The van der Waals surface area contributed by atoms with Gasteiger partial charge < -0.3 is 10.1 Å². The number of nitrogens with one attached hydrogen (secondary N) is 1. The van der Waals surface area contributed by atoms with Gasteiger partial charge in [-0.2, -0.15) is 5.10 Å². The Bertz CT molecular complexity index is 831. The topological polar surface area (TPSA) is 142 Å². The summed E-state index contributed by atoms with van der Waals surface area (Å²) in [5, 5.41) is 28.2. The summed E-state index contributed by atoms with van der Waals surface area (Å²) < 4.78 is 6.21. The van der Waals surface area contributed by atoms with Crippen LogP contribution in [0.4, 0.5) is 17.1 Å². The third kappa shape index (κ3) is 4.28. The van der Waals surface area contributed by atoms with Gasteiger partial charge in [-0.1, -0.05) is 0 Å². The Morgan fingerprint density at radius 2 is 1.96 bits per heavy atom. The monoisotopic (exact) mass is 349 g/mol. The molecule has 0 atom stereocenters. The van der Waals surface area contributed by atoms with Crippen molar-refractivity contribution in [1.29, 1.82) is 0 Å². The molecular formula is C14H15N5O6. The van der Waals surface area contributed by atoms with Crippen LogP contribution in [0.3, 0.4) is 0 Å². The van der Waals surface area contributed by atoms with Gasteiger partial charge in [-0.15, -0.1) is 0 Å². The lowest BCUT2D eigenvalue weighted by Crippen LogP contribution is -2.15. The first-order valence-corrected chi connectivity index (χ1v) is 7.12. The summed E-state index contributed by atoms with van der Waals surface area (Å²) in [6.45, 7) is 1.60. The number of carbonyl (C=O) groups excluding carboxylic acids is 1. The highest BCUT2D eigenvalue weighted by atomic mass is 16.6. The summed E-state index contributed by atoms with van der Waals surface area (Å²) in [7, 11) is 1.38. The van der Waals surface area contributed by atoms with Crippen LogP contribution in [-0.2, 0) is 11.3 Å². The van der Waals surface area contributed by atoms with E-state index < -0.39 is 15.8 Å². The van der Waals surface area contributed by atoms with E-state index in [1.165, 1.54) is 43.1 Å². The molecule has 1 aromatic carbocycles. The maximum Gasteiger partial charge on any atom is 0.309 e. The molecule has 0 saturated heterocycles. The summed E-state index contributed by atoms with van der Waals surface area (Å²) in [6.07, 6.45) is 1.18. The number of ether oxygens (including phenoxy) is 1. The van der Waals surface area contributed by atoms with E-state index in [0.717, 1.165) is 0 Å². The van der Waals surface area contributed by atoms with E-state index in [2.05, 4.69) is 10.4 Å². The Morgan fingerprint density at radius 1 is 1.28 bits per heavy atom. The molecule has 132 valence electrons. The van der Waals surface area contributed by atoms with Crippen LogP contribution in [-0.4, -0.2) is 32.6 Å². The van der Waals surface area contributed by atoms with E-state index in [0.29, 0.717) is 5.75 Å². The average molecular weight is 349 g/mol. The van der Waals surface area contributed by atoms with Crippen molar-refractivity contribution in [3.63, 3.8) is 0 Å². The highest BCUT2D eigenvalue weighted by Gasteiger charge is 2.18. The van der Waals surface area contributed by atoms with Gasteiger partial charge in [0.2, 0.25) is 5.91 Å². The van der Waals surface area contributed by atoms with Crippen LogP contribution >= 0.6 is 0 Å². The Kier molecular flexibility index (Phi) is 5.27. The fourth-order valence-corrected chi connectivity index (χ4v) is 2.13. The highest BCUT2D eigenvalue weighted by molar-refractivity contribution is 5.93. The van der Waals surface area contributed by atoms with Crippen LogP contribution in [0.1, 0.15) is 12.1 Å². The van der Waals surface area contributed by atoms with Gasteiger partial charge in [0.25, 0.3) is 5.69 Å². The van der Waals surface area contributed by atoms with Gasteiger partial charge >= 0.3 is 5.69 Å². The second-order valence-electron chi connectivity index (χ2n) is 5.06. The number of aryl methyl sites for hydroxylation is 2. The number of carbonyl (C=O) groups is 1. The summed E-state index contributed by atoms with van der Waals surface area (Å²) in [4.78, 5) is 32.7. The Hall–Kier alpha value is -3.50. The maximum absolute atomic E-state index is 12.0. The predicted molar refractivity (Wildman–Crippen MR) is 86.5 cm³/mol. The second-order valence-corrected chi connectivity index (χ2v) is 5.06. The molecule has 0 bridgehead atoms. The van der Waals surface area contributed by atoms with Gasteiger partial charge in [0.15, 0.2) is 0 Å². The molecule has 1 aromatic heterocycles. The molecule has 11 nitrogen and oxygen atoms in total. The van der Waals surface area contributed by atoms with E-state index in [9.17, 15) is 25.0 Å². The van der Waals surface area contributed by atoms with E-state index in [-0.39, 0.29) is 35.7 Å². The molecule has 2 aromatic rings. The van der Waals surface area contributed by atoms with Crippen LogP contribution in [0.25, 0.3) is 0 Å². The number of anilines is 1. The van der Waals surface area contributed by atoms with Gasteiger partial charge in [0, 0.05) is 13.0 Å². The number of rotatable bonds is 7.